The van der Waals surface area contributed by atoms with Crippen LogP contribution in [0.3, 0.4) is 0 Å². The maximum atomic E-state index is 11.9. The summed E-state index contributed by atoms with van der Waals surface area (Å²) >= 11 is 7.23. The first-order valence-corrected chi connectivity index (χ1v) is 8.26. The number of hydrogen-bond donors (Lipinski definition) is 1. The van der Waals surface area contributed by atoms with Gasteiger partial charge in [-0.25, -0.2) is 4.57 Å². The lowest BCUT2D eigenvalue weighted by molar-refractivity contribution is -0.687. The van der Waals surface area contributed by atoms with Crippen LogP contribution in [0.1, 0.15) is 0 Å². The van der Waals surface area contributed by atoms with Gasteiger partial charge in [0.1, 0.15) is 17.1 Å². The molecule has 1 aromatic heterocycles. The molecule has 2 atom stereocenters. The van der Waals surface area contributed by atoms with Gasteiger partial charge in [0.15, 0.2) is 18.9 Å². The number of nitrogens with zero attached hydrogens (tertiary/aromatic N) is 2. The minimum Gasteiger partial charge on any atom is -0.317 e. The maximum Gasteiger partial charge on any atom is 0.269 e. The van der Waals surface area contributed by atoms with E-state index in [1.807, 2.05) is 47.3 Å². The molecule has 0 aliphatic carbocycles. The highest BCUT2D eigenvalue weighted by molar-refractivity contribution is 8.00. The Labute approximate surface area is 149 Å². The lowest BCUT2D eigenvalue weighted by Gasteiger charge is -2.48. The van der Waals surface area contributed by atoms with Crippen molar-refractivity contribution in [1.82, 2.24) is 4.90 Å². The van der Waals surface area contributed by atoms with Crippen molar-refractivity contribution in [2.24, 2.45) is 5.73 Å². The van der Waals surface area contributed by atoms with Crippen LogP contribution in [0.25, 0.3) is 0 Å². The van der Waals surface area contributed by atoms with Gasteiger partial charge < -0.3 is 5.73 Å². The number of aromatic nitrogens is 1. The number of pyridine rings is 1. The number of β-lactam (4-membered cyclic amide) rings is 1. The van der Waals surface area contributed by atoms with Crippen molar-refractivity contribution in [1.29, 1.82) is 0 Å². The summed E-state index contributed by atoms with van der Waals surface area (Å²) in [5.74, 6) is 0.371. The molecule has 0 unspecified atom stereocenters. The van der Waals surface area contributed by atoms with E-state index in [1.165, 1.54) is 4.90 Å². The Kier molecular flexibility index (Phi) is 5.86. The Morgan fingerprint density at radius 3 is 2.78 bits per heavy atom. The molecule has 122 valence electrons. The van der Waals surface area contributed by atoms with Crippen molar-refractivity contribution in [2.75, 3.05) is 5.75 Å². The molecule has 23 heavy (non-hydrogen) atoms. The quantitative estimate of drug-likeness (QED) is 0.490. The van der Waals surface area contributed by atoms with Crippen LogP contribution in [0.5, 0.6) is 0 Å². The molecule has 3 heterocycles. The van der Waals surface area contributed by atoms with Crippen molar-refractivity contribution < 1.29 is 14.2 Å². The van der Waals surface area contributed by atoms with E-state index in [0.29, 0.717) is 12.3 Å². The Balaban J connectivity index is 0.00000192. The van der Waals surface area contributed by atoms with Gasteiger partial charge >= 0.3 is 0 Å². The van der Waals surface area contributed by atoms with Gasteiger partial charge in [-0.05, 0) is 23.3 Å². The zero-order valence-electron chi connectivity index (χ0n) is 12.1. The second kappa shape index (κ2) is 7.49. The Hall–Kier alpha value is -1.34. The topological polar surface area (TPSA) is 67.3 Å². The monoisotopic (exact) mass is 372 g/mol. The van der Waals surface area contributed by atoms with E-state index in [4.69, 9.17) is 17.3 Å². The van der Waals surface area contributed by atoms with Gasteiger partial charge in [-0.3, -0.25) is 14.5 Å². The SMILES string of the molecule is Cl.N[C@@H]1C(=O)N2C(C(=O)Cl)=C(/C=C/C[n+]3ccccc3)CS[C@H]12. The molecule has 3 rings (SSSR count). The first-order chi connectivity index (χ1) is 10.6. The Morgan fingerprint density at radius 2 is 2.13 bits per heavy atom. The van der Waals surface area contributed by atoms with Gasteiger partial charge in [0, 0.05) is 17.9 Å². The number of amides is 1. The van der Waals surface area contributed by atoms with E-state index < -0.39 is 11.3 Å². The van der Waals surface area contributed by atoms with Gasteiger partial charge in [0.25, 0.3) is 5.24 Å². The smallest absolute Gasteiger partial charge is 0.269 e. The minimum absolute atomic E-state index is 0. The summed E-state index contributed by atoms with van der Waals surface area (Å²) in [5, 5.41) is -0.789. The average molecular weight is 373 g/mol. The predicted octanol–water partition coefficient (Wildman–Crippen LogP) is 1.21. The first kappa shape index (κ1) is 18.0. The standard InChI is InChI=1S/C15H15ClN3O2S.ClH/c16-13(20)12-10(5-4-8-18-6-2-1-3-7-18)9-22-15-11(17)14(21)19(12)15;/h1-7,11,15H,8-9,17H2;1H/q+1;/b5-4+;/t11-,15-;/m1./s1. The molecule has 1 saturated heterocycles. The zero-order chi connectivity index (χ0) is 15.7. The molecule has 1 aromatic rings. The van der Waals surface area contributed by atoms with Gasteiger partial charge in [0.05, 0.1) is 0 Å². The van der Waals surface area contributed by atoms with Crippen molar-refractivity contribution in [3.8, 4) is 0 Å². The summed E-state index contributed by atoms with van der Waals surface area (Å²) in [6.07, 6.45) is 7.71. The summed E-state index contributed by atoms with van der Waals surface area (Å²) in [6.45, 7) is 0.676. The highest BCUT2D eigenvalue weighted by Gasteiger charge is 2.51. The molecule has 0 radical (unpaired) electrons. The van der Waals surface area contributed by atoms with Crippen LogP contribution in [0.15, 0.2) is 54.0 Å². The van der Waals surface area contributed by atoms with Crippen molar-refractivity contribution in [3.05, 3.63) is 54.0 Å². The third-order valence-corrected chi connectivity index (χ3v) is 5.14. The number of carbonyl (C=O) groups is 2. The fourth-order valence-corrected chi connectivity index (χ4v) is 4.00. The van der Waals surface area contributed by atoms with Gasteiger partial charge in [-0.2, -0.15) is 0 Å². The number of allylic oxidation sites excluding steroid dienone is 3. The number of halogens is 2. The maximum absolute atomic E-state index is 11.9. The van der Waals surface area contributed by atoms with E-state index in [1.54, 1.807) is 11.8 Å². The largest absolute Gasteiger partial charge is 0.317 e. The molecule has 1 amide bonds. The lowest BCUT2D eigenvalue weighted by Crippen LogP contribution is -2.68. The summed E-state index contributed by atoms with van der Waals surface area (Å²) < 4.78 is 2.00. The third kappa shape index (κ3) is 3.45. The number of thioether (sulfide) groups is 1. The molecule has 0 aromatic carbocycles. The number of carbonyl (C=O) groups excluding carboxylic acids is 2. The molecule has 2 N–H and O–H groups in total. The van der Waals surface area contributed by atoms with Gasteiger partial charge in [-0.1, -0.05) is 12.1 Å². The molecule has 0 spiro atoms. The van der Waals surface area contributed by atoms with Crippen LogP contribution in [0.4, 0.5) is 0 Å². The van der Waals surface area contributed by atoms with Crippen molar-refractivity contribution in [3.63, 3.8) is 0 Å². The summed E-state index contributed by atoms with van der Waals surface area (Å²) in [7, 11) is 0. The van der Waals surface area contributed by atoms with Gasteiger partial charge in [0.2, 0.25) is 5.91 Å². The summed E-state index contributed by atoms with van der Waals surface area (Å²) in [6, 6.07) is 5.30. The number of fused-ring (bicyclic) bond motifs is 1. The lowest BCUT2D eigenvalue weighted by atomic mass is 10.0. The van der Waals surface area contributed by atoms with Crippen LogP contribution < -0.4 is 10.3 Å². The fourth-order valence-electron chi connectivity index (χ4n) is 2.52. The Bertz CT molecular complexity index is 679. The fraction of sp³-hybridized carbons (Fsp3) is 0.267. The normalized spacial score (nSPS) is 23.4. The Morgan fingerprint density at radius 1 is 1.43 bits per heavy atom. The number of rotatable bonds is 4. The molecule has 2 aliphatic rings. The van der Waals surface area contributed by atoms with Crippen LogP contribution in [-0.2, 0) is 16.1 Å². The minimum atomic E-state index is -0.613. The third-order valence-electron chi connectivity index (χ3n) is 3.64. The molecule has 2 aliphatic heterocycles. The van der Waals surface area contributed by atoms with E-state index in [0.717, 1.165) is 5.57 Å². The number of hydrogen-bond acceptors (Lipinski definition) is 4. The number of nitrogens with two attached hydrogens (primary N) is 1. The van der Waals surface area contributed by atoms with Crippen LogP contribution in [0, 0.1) is 0 Å². The molecule has 5 nitrogen and oxygen atoms in total. The molecule has 1 fully saturated rings. The van der Waals surface area contributed by atoms with Crippen LogP contribution in [0.2, 0.25) is 0 Å². The second-order valence-electron chi connectivity index (χ2n) is 5.06. The molecule has 0 bridgehead atoms. The van der Waals surface area contributed by atoms with Crippen molar-refractivity contribution in [2.45, 2.75) is 18.0 Å². The highest BCUT2D eigenvalue weighted by atomic mass is 35.5. The first-order valence-electron chi connectivity index (χ1n) is 6.83. The zero-order valence-corrected chi connectivity index (χ0v) is 14.5. The highest BCUT2D eigenvalue weighted by Crippen LogP contribution is 2.40. The molecular weight excluding hydrogens is 357 g/mol. The molecular formula is C15H16Cl2N3O2S+. The predicted molar refractivity (Wildman–Crippen MR) is 92.0 cm³/mol. The second-order valence-corrected chi connectivity index (χ2v) is 6.51. The average Bonchev–Trinajstić information content (AvgIpc) is 2.54. The van der Waals surface area contributed by atoms with E-state index in [9.17, 15) is 9.59 Å². The molecule has 0 saturated carbocycles. The summed E-state index contributed by atoms with van der Waals surface area (Å²) in [5.41, 5.74) is 6.78. The van der Waals surface area contributed by atoms with Crippen LogP contribution in [-0.4, -0.2) is 33.2 Å². The van der Waals surface area contributed by atoms with Crippen molar-refractivity contribution >= 4 is 46.9 Å². The van der Waals surface area contributed by atoms with Gasteiger partial charge in [-0.15, -0.1) is 24.2 Å². The van der Waals surface area contributed by atoms with E-state index in [2.05, 4.69) is 0 Å². The van der Waals surface area contributed by atoms with Crippen LogP contribution >= 0.6 is 35.8 Å². The molecule has 8 heteroatoms. The van der Waals surface area contributed by atoms with E-state index >= 15 is 0 Å². The van der Waals surface area contributed by atoms with E-state index in [-0.39, 0.29) is 29.4 Å². The summed E-state index contributed by atoms with van der Waals surface area (Å²) in [4.78, 5) is 25.0.